The smallest absolute Gasteiger partial charge is 0.191 e. The summed E-state index contributed by atoms with van der Waals surface area (Å²) in [5.41, 5.74) is 2.22. The van der Waals surface area contributed by atoms with Gasteiger partial charge < -0.3 is 15.4 Å². The van der Waals surface area contributed by atoms with Crippen LogP contribution in [0.5, 0.6) is 5.75 Å². The number of guanidine groups is 1. The second-order valence-electron chi connectivity index (χ2n) is 5.16. The van der Waals surface area contributed by atoms with Crippen molar-refractivity contribution in [3.8, 4) is 5.75 Å². The summed E-state index contributed by atoms with van der Waals surface area (Å²) in [5, 5.41) is 10.5. The molecule has 0 radical (unpaired) electrons. The zero-order valence-electron chi connectivity index (χ0n) is 14.5. The van der Waals surface area contributed by atoms with Gasteiger partial charge in [-0.05, 0) is 25.5 Å². The van der Waals surface area contributed by atoms with Crippen LogP contribution in [-0.2, 0) is 20.1 Å². The van der Waals surface area contributed by atoms with Crippen LogP contribution in [0.4, 0.5) is 0 Å². The van der Waals surface area contributed by atoms with Crippen LogP contribution in [0, 0.1) is 6.92 Å². The molecule has 2 N–H and O–H groups in total. The number of aryl methyl sites for hydroxylation is 2. The molecule has 0 atom stereocenters. The van der Waals surface area contributed by atoms with E-state index in [0.29, 0.717) is 13.1 Å². The van der Waals surface area contributed by atoms with Crippen molar-refractivity contribution < 1.29 is 4.74 Å². The van der Waals surface area contributed by atoms with Crippen LogP contribution in [0.1, 0.15) is 23.9 Å². The molecule has 24 heavy (non-hydrogen) atoms. The van der Waals surface area contributed by atoms with Crippen molar-refractivity contribution >= 4 is 29.9 Å². The molecule has 8 heteroatoms. The van der Waals surface area contributed by atoms with Crippen LogP contribution in [0.25, 0.3) is 0 Å². The summed E-state index contributed by atoms with van der Waals surface area (Å²) in [6, 6.07) is 6.13. The third-order valence-corrected chi connectivity index (χ3v) is 3.41. The standard InChI is InChI=1S/C16H24N6O.HI/c1-5-17-16(19-10-15-20-11-21-22(15)3)18-9-13-7-6-12(2)8-14(13)23-4;/h6-8,11H,5,9-10H2,1-4H3,(H2,17,18,19);1H. The number of aliphatic imine (C=N–C) groups is 1. The van der Waals surface area contributed by atoms with Crippen LogP contribution in [0.2, 0.25) is 0 Å². The van der Waals surface area contributed by atoms with Crippen LogP contribution in [-0.4, -0.2) is 34.4 Å². The normalized spacial score (nSPS) is 10.9. The molecule has 1 aromatic heterocycles. The predicted octanol–water partition coefficient (Wildman–Crippen LogP) is 2.01. The number of nitrogens with one attached hydrogen (secondary N) is 2. The summed E-state index contributed by atoms with van der Waals surface area (Å²) in [5.74, 6) is 2.44. The average molecular weight is 444 g/mol. The highest BCUT2D eigenvalue weighted by atomic mass is 127. The Labute approximate surface area is 159 Å². The van der Waals surface area contributed by atoms with E-state index in [1.54, 1.807) is 11.8 Å². The molecule has 1 aromatic carbocycles. The number of nitrogens with zero attached hydrogens (tertiary/aromatic N) is 4. The fourth-order valence-corrected chi connectivity index (χ4v) is 2.13. The van der Waals surface area contributed by atoms with Gasteiger partial charge >= 0.3 is 0 Å². The van der Waals surface area contributed by atoms with E-state index in [1.165, 1.54) is 11.9 Å². The monoisotopic (exact) mass is 444 g/mol. The second kappa shape index (κ2) is 10.1. The van der Waals surface area contributed by atoms with Gasteiger partial charge in [0.1, 0.15) is 17.9 Å². The summed E-state index contributed by atoms with van der Waals surface area (Å²) < 4.78 is 7.16. The highest BCUT2D eigenvalue weighted by molar-refractivity contribution is 14.0. The molecule has 0 spiro atoms. The molecule has 0 unspecified atom stereocenters. The predicted molar refractivity (Wildman–Crippen MR) is 106 cm³/mol. The maximum atomic E-state index is 5.42. The van der Waals surface area contributed by atoms with E-state index in [1.807, 2.05) is 33.0 Å². The SMILES string of the molecule is CCNC(=NCc1ccc(C)cc1OC)NCc1ncnn1C.I. The van der Waals surface area contributed by atoms with E-state index >= 15 is 0 Å². The van der Waals surface area contributed by atoms with Crippen molar-refractivity contribution in [1.29, 1.82) is 0 Å². The average Bonchev–Trinajstić information content (AvgIpc) is 2.96. The first-order valence-corrected chi connectivity index (χ1v) is 7.62. The molecule has 7 nitrogen and oxygen atoms in total. The molecule has 0 saturated heterocycles. The number of methoxy groups -OCH3 is 1. The molecule has 0 aliphatic carbocycles. The maximum absolute atomic E-state index is 5.42. The minimum atomic E-state index is 0. The van der Waals surface area contributed by atoms with Gasteiger partial charge in [0, 0.05) is 19.2 Å². The molecule has 2 rings (SSSR count). The largest absolute Gasteiger partial charge is 0.496 e. The van der Waals surface area contributed by atoms with Crippen molar-refractivity contribution in [3.05, 3.63) is 41.5 Å². The Bertz CT molecular complexity index is 670. The molecule has 0 aliphatic heterocycles. The van der Waals surface area contributed by atoms with Crippen molar-refractivity contribution in [3.63, 3.8) is 0 Å². The lowest BCUT2D eigenvalue weighted by atomic mass is 10.1. The third-order valence-electron chi connectivity index (χ3n) is 3.41. The van der Waals surface area contributed by atoms with Gasteiger partial charge in [0.05, 0.1) is 20.2 Å². The number of rotatable bonds is 6. The number of benzene rings is 1. The Hall–Kier alpha value is -1.84. The summed E-state index contributed by atoms with van der Waals surface area (Å²) >= 11 is 0. The molecule has 1 heterocycles. The number of halogens is 1. The highest BCUT2D eigenvalue weighted by Crippen LogP contribution is 2.20. The molecule has 0 bridgehead atoms. The molecule has 0 aliphatic rings. The van der Waals surface area contributed by atoms with Crippen molar-refractivity contribution in [2.75, 3.05) is 13.7 Å². The molecule has 2 aromatic rings. The fourth-order valence-electron chi connectivity index (χ4n) is 2.13. The Kier molecular flexibility index (Phi) is 8.51. The lowest BCUT2D eigenvalue weighted by Gasteiger charge is -2.12. The lowest BCUT2D eigenvalue weighted by Crippen LogP contribution is -2.37. The Morgan fingerprint density at radius 2 is 2.12 bits per heavy atom. The van der Waals surface area contributed by atoms with E-state index in [9.17, 15) is 0 Å². The first-order valence-electron chi connectivity index (χ1n) is 7.62. The van der Waals surface area contributed by atoms with Gasteiger partial charge in [0.2, 0.25) is 0 Å². The molecule has 0 fully saturated rings. The van der Waals surface area contributed by atoms with Gasteiger partial charge in [-0.25, -0.2) is 9.98 Å². The van der Waals surface area contributed by atoms with Gasteiger partial charge in [-0.2, -0.15) is 5.10 Å². The molecular formula is C16H25IN6O. The minimum Gasteiger partial charge on any atom is -0.496 e. The molecule has 132 valence electrons. The first-order chi connectivity index (χ1) is 11.1. The Morgan fingerprint density at radius 3 is 2.75 bits per heavy atom. The molecule has 0 amide bonds. The zero-order valence-corrected chi connectivity index (χ0v) is 16.9. The van der Waals surface area contributed by atoms with E-state index in [4.69, 9.17) is 4.74 Å². The summed E-state index contributed by atoms with van der Waals surface area (Å²) in [6.07, 6.45) is 1.54. The van der Waals surface area contributed by atoms with E-state index in [2.05, 4.69) is 31.8 Å². The van der Waals surface area contributed by atoms with Crippen molar-refractivity contribution in [2.45, 2.75) is 26.9 Å². The van der Waals surface area contributed by atoms with Gasteiger partial charge in [-0.15, -0.1) is 24.0 Å². The summed E-state index contributed by atoms with van der Waals surface area (Å²) in [7, 11) is 3.55. The van der Waals surface area contributed by atoms with E-state index in [0.717, 1.165) is 29.6 Å². The summed E-state index contributed by atoms with van der Waals surface area (Å²) in [4.78, 5) is 8.80. The van der Waals surface area contributed by atoms with Gasteiger partial charge in [-0.1, -0.05) is 12.1 Å². The number of hydrogen-bond acceptors (Lipinski definition) is 4. The Balaban J connectivity index is 0.00000288. The zero-order chi connectivity index (χ0) is 16.7. The van der Waals surface area contributed by atoms with Crippen LogP contribution >= 0.6 is 24.0 Å². The molecular weight excluding hydrogens is 419 g/mol. The quantitative estimate of drug-likeness (QED) is 0.405. The third kappa shape index (κ3) is 5.66. The fraction of sp³-hybridized carbons (Fsp3) is 0.438. The highest BCUT2D eigenvalue weighted by Gasteiger charge is 2.05. The Morgan fingerprint density at radius 1 is 1.33 bits per heavy atom. The topological polar surface area (TPSA) is 76.4 Å². The summed E-state index contributed by atoms with van der Waals surface area (Å²) in [6.45, 7) is 5.97. The van der Waals surface area contributed by atoms with Crippen LogP contribution in [0.3, 0.4) is 0 Å². The number of aromatic nitrogens is 3. The second-order valence-corrected chi connectivity index (χ2v) is 5.16. The van der Waals surface area contributed by atoms with Gasteiger partial charge in [0.15, 0.2) is 5.96 Å². The van der Waals surface area contributed by atoms with E-state index in [-0.39, 0.29) is 24.0 Å². The number of hydrogen-bond donors (Lipinski definition) is 2. The van der Waals surface area contributed by atoms with Gasteiger partial charge in [0.25, 0.3) is 0 Å². The lowest BCUT2D eigenvalue weighted by molar-refractivity contribution is 0.409. The van der Waals surface area contributed by atoms with Crippen LogP contribution < -0.4 is 15.4 Å². The maximum Gasteiger partial charge on any atom is 0.191 e. The number of ether oxygens (including phenoxy) is 1. The van der Waals surface area contributed by atoms with Gasteiger partial charge in [-0.3, -0.25) is 4.68 Å². The minimum absolute atomic E-state index is 0. The van der Waals surface area contributed by atoms with Crippen LogP contribution in [0.15, 0.2) is 29.5 Å². The molecule has 0 saturated carbocycles. The van der Waals surface area contributed by atoms with Crippen molar-refractivity contribution in [1.82, 2.24) is 25.4 Å². The first kappa shape index (κ1) is 20.2. The van der Waals surface area contributed by atoms with E-state index < -0.39 is 0 Å². The van der Waals surface area contributed by atoms with Crippen molar-refractivity contribution in [2.24, 2.45) is 12.0 Å².